The summed E-state index contributed by atoms with van der Waals surface area (Å²) in [5.41, 5.74) is 0. The second-order valence-corrected chi connectivity index (χ2v) is 15.9. The van der Waals surface area contributed by atoms with E-state index in [0.717, 1.165) is 70.6 Å². The van der Waals surface area contributed by atoms with Crippen LogP contribution in [0.25, 0.3) is 0 Å². The van der Waals surface area contributed by atoms with Crippen LogP contribution in [0.1, 0.15) is 168 Å². The van der Waals surface area contributed by atoms with Crippen LogP contribution in [0.2, 0.25) is 0 Å². The first-order valence-corrected chi connectivity index (χ1v) is 23.4. The number of aliphatic hydroxyl groups is 2. The van der Waals surface area contributed by atoms with Gasteiger partial charge in [0.2, 0.25) is 0 Å². The molecule has 57 heavy (non-hydrogen) atoms. The molecule has 3 N–H and O–H groups in total. The first-order valence-electron chi connectivity index (χ1n) is 21.9. The fourth-order valence-electron chi connectivity index (χ4n) is 5.56. The highest BCUT2D eigenvalue weighted by molar-refractivity contribution is 7.47. The van der Waals surface area contributed by atoms with Gasteiger partial charge in [0, 0.05) is 12.8 Å². The zero-order valence-corrected chi connectivity index (χ0v) is 36.4. The first kappa shape index (κ1) is 54.4. The van der Waals surface area contributed by atoms with Crippen molar-refractivity contribution in [3.8, 4) is 0 Å². The molecule has 0 fully saturated rings. The minimum Gasteiger partial charge on any atom is -0.462 e. The number of hydrogen-bond donors (Lipinski definition) is 3. The number of allylic oxidation sites excluding steroid dienone is 12. The maximum Gasteiger partial charge on any atom is 0.472 e. The minimum absolute atomic E-state index is 0.170. The molecule has 11 heteroatoms. The molecule has 1 unspecified atom stereocenters. The largest absolute Gasteiger partial charge is 0.472 e. The Bertz CT molecular complexity index is 1180. The molecule has 0 aromatic heterocycles. The van der Waals surface area contributed by atoms with Gasteiger partial charge in [0.15, 0.2) is 6.10 Å². The second-order valence-electron chi connectivity index (χ2n) is 14.4. The quantitative estimate of drug-likeness (QED) is 0.0179. The third-order valence-corrected chi connectivity index (χ3v) is 9.89. The highest BCUT2D eigenvalue weighted by Crippen LogP contribution is 2.43. The van der Waals surface area contributed by atoms with E-state index in [9.17, 15) is 24.2 Å². The average Bonchev–Trinajstić information content (AvgIpc) is 3.20. The Hall–Kier alpha value is -2.59. The zero-order valence-electron chi connectivity index (χ0n) is 35.5. The van der Waals surface area contributed by atoms with Gasteiger partial charge >= 0.3 is 19.8 Å². The fourth-order valence-corrected chi connectivity index (χ4v) is 6.35. The van der Waals surface area contributed by atoms with Gasteiger partial charge in [0.05, 0.1) is 19.8 Å². The summed E-state index contributed by atoms with van der Waals surface area (Å²) in [7, 11) is -4.63. The van der Waals surface area contributed by atoms with Crippen LogP contribution < -0.4 is 0 Å². The summed E-state index contributed by atoms with van der Waals surface area (Å²) >= 11 is 0. The molecule has 0 aliphatic rings. The number of ether oxygens (including phenoxy) is 2. The van der Waals surface area contributed by atoms with Crippen molar-refractivity contribution < 1.29 is 47.8 Å². The van der Waals surface area contributed by atoms with Crippen LogP contribution in [0.5, 0.6) is 0 Å². The van der Waals surface area contributed by atoms with E-state index in [4.69, 9.17) is 19.1 Å². The van der Waals surface area contributed by atoms with Crippen LogP contribution in [-0.2, 0) is 32.7 Å². The van der Waals surface area contributed by atoms with Crippen LogP contribution in [0, 0.1) is 0 Å². The Balaban J connectivity index is 4.33. The first-order chi connectivity index (χ1) is 27.7. The number of carbonyl (C=O) groups is 2. The van der Waals surface area contributed by atoms with Crippen molar-refractivity contribution in [1.82, 2.24) is 0 Å². The van der Waals surface area contributed by atoms with E-state index < -0.39 is 51.8 Å². The van der Waals surface area contributed by atoms with E-state index in [1.807, 2.05) is 36.5 Å². The van der Waals surface area contributed by atoms with Crippen LogP contribution in [0.4, 0.5) is 0 Å². The van der Waals surface area contributed by atoms with Crippen molar-refractivity contribution >= 4 is 19.8 Å². The van der Waals surface area contributed by atoms with Gasteiger partial charge in [-0.1, -0.05) is 164 Å². The lowest BCUT2D eigenvalue weighted by Crippen LogP contribution is -2.29. The number of hydrogen-bond acceptors (Lipinski definition) is 9. The molecule has 0 aromatic carbocycles. The summed E-state index contributed by atoms with van der Waals surface area (Å²) in [5.74, 6) is -0.962. The normalized spacial score (nSPS) is 14.5. The molecule has 0 amide bonds. The van der Waals surface area contributed by atoms with Gasteiger partial charge in [0.25, 0.3) is 0 Å². The standard InChI is InChI=1S/C46H79O10P/c1-3-5-7-9-11-13-15-17-19-20-21-22-24-26-28-30-32-34-36-38-46(50)56-44(42-55-57(51,52)54-40-43(48)39-47)41-53-45(49)37-35-33-31-29-27-25-23-18-16-14-12-10-8-6-4-2/h6,8,10-14,16-19,23,43-44,47-48H,3-5,7,9,15,20-22,24-42H2,1-2H3,(H,51,52)/b8-6+,12-10+,13-11+,16-14+,19-17+,23-18+/t43-,44+/m0/s1. The van der Waals surface area contributed by atoms with Crippen LogP contribution >= 0.6 is 7.82 Å². The van der Waals surface area contributed by atoms with Gasteiger partial charge in [0.1, 0.15) is 12.7 Å². The minimum atomic E-state index is -4.63. The summed E-state index contributed by atoms with van der Waals surface area (Å²) in [6.45, 7) is 2.18. The Morgan fingerprint density at radius 2 is 1.04 bits per heavy atom. The average molecular weight is 823 g/mol. The van der Waals surface area contributed by atoms with Crippen LogP contribution in [0.3, 0.4) is 0 Å². The lowest BCUT2D eigenvalue weighted by atomic mass is 10.1. The summed E-state index contributed by atoms with van der Waals surface area (Å²) in [6, 6.07) is 0. The van der Waals surface area contributed by atoms with Gasteiger partial charge in [-0.15, -0.1) is 0 Å². The maximum atomic E-state index is 12.6. The van der Waals surface area contributed by atoms with Gasteiger partial charge in [-0.2, -0.15) is 0 Å². The Labute approximate surface area is 346 Å². The second kappa shape index (κ2) is 41.6. The van der Waals surface area contributed by atoms with Crippen molar-refractivity contribution in [2.24, 2.45) is 0 Å². The molecular formula is C46H79O10P. The summed E-state index contributed by atoms with van der Waals surface area (Å²) in [5, 5.41) is 18.3. The van der Waals surface area contributed by atoms with Gasteiger partial charge < -0.3 is 24.6 Å². The molecule has 0 heterocycles. The number of unbranched alkanes of at least 4 members (excludes halogenated alkanes) is 17. The lowest BCUT2D eigenvalue weighted by Gasteiger charge is -2.20. The molecule has 0 saturated heterocycles. The van der Waals surface area contributed by atoms with Crippen molar-refractivity contribution in [1.29, 1.82) is 0 Å². The van der Waals surface area contributed by atoms with E-state index in [2.05, 4.69) is 54.8 Å². The SMILES string of the molecule is CC/C=C/C=C/C=C/C=C/CCCCCCCC(=O)OC[C@H](COP(=O)(O)OC[C@@H](O)CO)OC(=O)CCCCCCCCCCC/C=C/C/C=C/CCCCC. The van der Waals surface area contributed by atoms with Crippen molar-refractivity contribution in [2.75, 3.05) is 26.4 Å². The van der Waals surface area contributed by atoms with Gasteiger partial charge in [-0.05, 0) is 64.2 Å². The number of esters is 2. The van der Waals surface area contributed by atoms with E-state index in [1.165, 1.54) is 57.8 Å². The van der Waals surface area contributed by atoms with Crippen molar-refractivity contribution in [2.45, 2.75) is 180 Å². The third-order valence-electron chi connectivity index (χ3n) is 8.94. The maximum absolute atomic E-state index is 12.6. The molecule has 0 radical (unpaired) electrons. The zero-order chi connectivity index (χ0) is 41.9. The van der Waals surface area contributed by atoms with Gasteiger partial charge in [-0.25, -0.2) is 4.57 Å². The van der Waals surface area contributed by atoms with Crippen molar-refractivity contribution in [3.63, 3.8) is 0 Å². The van der Waals surface area contributed by atoms with E-state index >= 15 is 0 Å². The number of phosphoric ester groups is 1. The molecule has 3 atom stereocenters. The van der Waals surface area contributed by atoms with E-state index in [1.54, 1.807) is 0 Å². The molecule has 0 aliphatic carbocycles. The summed E-state index contributed by atoms with van der Waals surface area (Å²) in [6.07, 6.45) is 47.2. The number of rotatable bonds is 40. The number of phosphoric acid groups is 1. The van der Waals surface area contributed by atoms with E-state index in [0.29, 0.717) is 12.8 Å². The predicted molar refractivity (Wildman–Crippen MR) is 233 cm³/mol. The molecule has 0 aliphatic heterocycles. The highest BCUT2D eigenvalue weighted by atomic mass is 31.2. The topological polar surface area (TPSA) is 149 Å². The fraction of sp³-hybridized carbons (Fsp3) is 0.696. The molecule has 0 spiro atoms. The summed E-state index contributed by atoms with van der Waals surface area (Å²) in [4.78, 5) is 35.0. The molecular weight excluding hydrogens is 743 g/mol. The molecule has 0 bridgehead atoms. The number of aliphatic hydroxyl groups excluding tert-OH is 2. The molecule has 0 rings (SSSR count). The number of carbonyl (C=O) groups excluding carboxylic acids is 2. The predicted octanol–water partition coefficient (Wildman–Crippen LogP) is 11.7. The molecule has 328 valence electrons. The monoisotopic (exact) mass is 823 g/mol. The van der Waals surface area contributed by atoms with Crippen molar-refractivity contribution in [3.05, 3.63) is 72.9 Å². The van der Waals surface area contributed by atoms with Gasteiger partial charge in [-0.3, -0.25) is 18.6 Å². The summed E-state index contributed by atoms with van der Waals surface area (Å²) < 4.78 is 32.7. The van der Waals surface area contributed by atoms with Crippen LogP contribution in [0.15, 0.2) is 72.9 Å². The Kier molecular flexibility index (Phi) is 39.7. The third kappa shape index (κ3) is 41.4. The molecule has 0 aromatic rings. The van der Waals surface area contributed by atoms with Crippen LogP contribution in [-0.4, -0.2) is 65.7 Å². The Morgan fingerprint density at radius 3 is 1.60 bits per heavy atom. The Morgan fingerprint density at radius 1 is 0.561 bits per heavy atom. The lowest BCUT2D eigenvalue weighted by molar-refractivity contribution is -0.161. The molecule has 0 saturated carbocycles. The van der Waals surface area contributed by atoms with E-state index in [-0.39, 0.29) is 19.4 Å². The smallest absolute Gasteiger partial charge is 0.462 e. The molecule has 10 nitrogen and oxygen atoms in total. The highest BCUT2D eigenvalue weighted by Gasteiger charge is 2.27.